The summed E-state index contributed by atoms with van der Waals surface area (Å²) >= 11 is 0. The summed E-state index contributed by atoms with van der Waals surface area (Å²) in [6.07, 6.45) is 0. The second kappa shape index (κ2) is 4.66. The van der Waals surface area contributed by atoms with E-state index in [0.717, 1.165) is 17.0 Å². The summed E-state index contributed by atoms with van der Waals surface area (Å²) in [5.41, 5.74) is 3.01. The van der Waals surface area contributed by atoms with E-state index in [1.165, 1.54) is 0 Å². The molecule has 5 nitrogen and oxygen atoms in total. The van der Waals surface area contributed by atoms with Gasteiger partial charge in [-0.2, -0.15) is 9.40 Å². The summed E-state index contributed by atoms with van der Waals surface area (Å²) in [6.45, 7) is 8.89. The van der Waals surface area contributed by atoms with Crippen LogP contribution in [0, 0.1) is 5.92 Å². The standard InChI is InChI=1S/C12H21N3O2S/c1-8(2)7-18(16,17)15-5-10-11(6-15)13-14-12(10)9(3)4/h8-9H,5-7H2,1-4H3,(H,13,14). The molecule has 102 valence electrons. The van der Waals surface area contributed by atoms with E-state index in [2.05, 4.69) is 24.0 Å². The van der Waals surface area contributed by atoms with Crippen molar-refractivity contribution >= 4 is 10.0 Å². The number of aromatic nitrogens is 2. The van der Waals surface area contributed by atoms with Crippen molar-refractivity contribution in [3.05, 3.63) is 17.0 Å². The maximum atomic E-state index is 12.2. The minimum Gasteiger partial charge on any atom is -0.281 e. The minimum atomic E-state index is -3.15. The van der Waals surface area contributed by atoms with Crippen molar-refractivity contribution in [2.24, 2.45) is 5.92 Å². The van der Waals surface area contributed by atoms with Gasteiger partial charge in [0.2, 0.25) is 10.0 Å². The number of fused-ring (bicyclic) bond motifs is 1. The Morgan fingerprint density at radius 3 is 2.50 bits per heavy atom. The van der Waals surface area contributed by atoms with Crippen LogP contribution in [0.3, 0.4) is 0 Å². The third-order valence-electron chi connectivity index (χ3n) is 3.14. The molecule has 0 radical (unpaired) electrons. The lowest BCUT2D eigenvalue weighted by molar-refractivity contribution is 0.420. The molecule has 0 aromatic carbocycles. The summed E-state index contributed by atoms with van der Waals surface area (Å²) in [5.74, 6) is 0.677. The van der Waals surface area contributed by atoms with Crippen molar-refractivity contribution in [1.29, 1.82) is 0 Å². The molecule has 0 saturated heterocycles. The Balaban J connectivity index is 2.20. The fourth-order valence-electron chi connectivity index (χ4n) is 2.33. The highest BCUT2D eigenvalue weighted by atomic mass is 32.2. The van der Waals surface area contributed by atoms with Crippen molar-refractivity contribution < 1.29 is 8.42 Å². The first-order chi connectivity index (χ1) is 8.31. The van der Waals surface area contributed by atoms with Gasteiger partial charge in [0.1, 0.15) is 0 Å². The van der Waals surface area contributed by atoms with Crippen molar-refractivity contribution in [1.82, 2.24) is 14.5 Å². The molecule has 2 heterocycles. The molecule has 0 fully saturated rings. The van der Waals surface area contributed by atoms with Crippen LogP contribution in [0.5, 0.6) is 0 Å². The lowest BCUT2D eigenvalue weighted by atomic mass is 10.1. The zero-order valence-corrected chi connectivity index (χ0v) is 12.2. The monoisotopic (exact) mass is 271 g/mol. The van der Waals surface area contributed by atoms with Crippen LogP contribution in [0.4, 0.5) is 0 Å². The summed E-state index contributed by atoms with van der Waals surface area (Å²) in [4.78, 5) is 0. The van der Waals surface area contributed by atoms with E-state index in [9.17, 15) is 8.42 Å². The Morgan fingerprint density at radius 2 is 1.94 bits per heavy atom. The van der Waals surface area contributed by atoms with Gasteiger partial charge in [0.05, 0.1) is 23.7 Å². The minimum absolute atomic E-state index is 0.150. The summed E-state index contributed by atoms with van der Waals surface area (Å²) in [7, 11) is -3.15. The van der Waals surface area contributed by atoms with Crippen LogP contribution >= 0.6 is 0 Å². The highest BCUT2D eigenvalue weighted by Crippen LogP contribution is 2.30. The molecule has 6 heteroatoms. The van der Waals surface area contributed by atoms with Crippen molar-refractivity contribution in [3.63, 3.8) is 0 Å². The normalized spacial score (nSPS) is 16.8. The third-order valence-corrected chi connectivity index (χ3v) is 5.27. The molecule has 0 unspecified atom stereocenters. The maximum Gasteiger partial charge on any atom is 0.215 e. The first-order valence-electron chi connectivity index (χ1n) is 6.35. The zero-order valence-electron chi connectivity index (χ0n) is 11.4. The van der Waals surface area contributed by atoms with Crippen molar-refractivity contribution in [2.45, 2.75) is 46.7 Å². The van der Waals surface area contributed by atoms with Crippen LogP contribution in [-0.4, -0.2) is 28.7 Å². The zero-order chi connectivity index (χ0) is 13.5. The van der Waals surface area contributed by atoms with Gasteiger partial charge < -0.3 is 0 Å². The highest BCUT2D eigenvalue weighted by Gasteiger charge is 2.33. The summed E-state index contributed by atoms with van der Waals surface area (Å²) < 4.78 is 25.9. The molecule has 1 aliphatic rings. The van der Waals surface area contributed by atoms with Crippen LogP contribution in [0.25, 0.3) is 0 Å². The lowest BCUT2D eigenvalue weighted by Gasteiger charge is -2.17. The van der Waals surface area contributed by atoms with Gasteiger partial charge in [0, 0.05) is 12.1 Å². The summed E-state index contributed by atoms with van der Waals surface area (Å²) in [6, 6.07) is 0. The van der Waals surface area contributed by atoms with E-state index >= 15 is 0 Å². The Bertz CT molecular complexity index is 532. The molecule has 2 rings (SSSR count). The van der Waals surface area contributed by atoms with E-state index in [1.807, 2.05) is 13.8 Å². The van der Waals surface area contributed by atoms with Gasteiger partial charge in [-0.25, -0.2) is 8.42 Å². The van der Waals surface area contributed by atoms with Crippen LogP contribution < -0.4 is 0 Å². The van der Waals surface area contributed by atoms with Gasteiger partial charge in [-0.3, -0.25) is 5.10 Å². The first kappa shape index (κ1) is 13.5. The molecule has 1 N–H and O–H groups in total. The van der Waals surface area contributed by atoms with E-state index < -0.39 is 10.0 Å². The molecule has 18 heavy (non-hydrogen) atoms. The number of hydrogen-bond donors (Lipinski definition) is 1. The van der Waals surface area contributed by atoms with Crippen LogP contribution in [0.15, 0.2) is 0 Å². The van der Waals surface area contributed by atoms with Gasteiger partial charge in [-0.05, 0) is 11.8 Å². The predicted octanol–water partition coefficient (Wildman–Crippen LogP) is 1.83. The van der Waals surface area contributed by atoms with Gasteiger partial charge in [-0.1, -0.05) is 27.7 Å². The number of H-pyrrole nitrogens is 1. The molecule has 0 aliphatic carbocycles. The molecule has 1 aromatic rings. The molecular weight excluding hydrogens is 250 g/mol. The quantitative estimate of drug-likeness (QED) is 0.908. The first-order valence-corrected chi connectivity index (χ1v) is 7.96. The molecule has 0 amide bonds. The molecule has 1 aromatic heterocycles. The molecule has 1 aliphatic heterocycles. The topological polar surface area (TPSA) is 66.1 Å². The Hall–Kier alpha value is -0.880. The van der Waals surface area contributed by atoms with Gasteiger partial charge >= 0.3 is 0 Å². The van der Waals surface area contributed by atoms with E-state index in [1.54, 1.807) is 4.31 Å². The smallest absolute Gasteiger partial charge is 0.215 e. The van der Waals surface area contributed by atoms with Gasteiger partial charge in [-0.15, -0.1) is 0 Å². The lowest BCUT2D eigenvalue weighted by Crippen LogP contribution is -2.30. The van der Waals surface area contributed by atoms with Gasteiger partial charge in [0.25, 0.3) is 0 Å². The van der Waals surface area contributed by atoms with Gasteiger partial charge in [0.15, 0.2) is 0 Å². The largest absolute Gasteiger partial charge is 0.281 e. The second-order valence-electron chi connectivity index (χ2n) is 5.66. The van der Waals surface area contributed by atoms with Crippen LogP contribution in [0.2, 0.25) is 0 Å². The predicted molar refractivity (Wildman–Crippen MR) is 70.5 cm³/mol. The Morgan fingerprint density at radius 1 is 1.28 bits per heavy atom. The fraction of sp³-hybridized carbons (Fsp3) is 0.750. The highest BCUT2D eigenvalue weighted by molar-refractivity contribution is 7.89. The number of rotatable bonds is 4. The Kier molecular flexibility index (Phi) is 3.51. The number of nitrogens with zero attached hydrogens (tertiary/aromatic N) is 2. The van der Waals surface area contributed by atoms with Crippen molar-refractivity contribution in [3.8, 4) is 0 Å². The molecule has 0 atom stereocenters. The average Bonchev–Trinajstić information content (AvgIpc) is 2.71. The second-order valence-corrected chi connectivity index (χ2v) is 7.67. The SMILES string of the molecule is CC(C)CS(=O)(=O)N1Cc2[nH]nc(C(C)C)c2C1. The average molecular weight is 271 g/mol. The fourth-order valence-corrected chi connectivity index (χ4v) is 4.04. The van der Waals surface area contributed by atoms with Crippen molar-refractivity contribution in [2.75, 3.05) is 5.75 Å². The summed E-state index contributed by atoms with van der Waals surface area (Å²) in [5, 5.41) is 7.24. The molecule has 0 spiro atoms. The number of aromatic amines is 1. The number of nitrogens with one attached hydrogen (secondary N) is 1. The third kappa shape index (κ3) is 2.44. The Labute approximate surface area is 109 Å². The molecule has 0 bridgehead atoms. The molecular formula is C12H21N3O2S. The van der Waals surface area contributed by atoms with Crippen LogP contribution in [-0.2, 0) is 23.1 Å². The van der Waals surface area contributed by atoms with E-state index in [-0.39, 0.29) is 11.7 Å². The number of hydrogen-bond acceptors (Lipinski definition) is 3. The maximum absolute atomic E-state index is 12.2. The van der Waals surface area contributed by atoms with E-state index in [4.69, 9.17) is 0 Å². The molecule has 0 saturated carbocycles. The van der Waals surface area contributed by atoms with E-state index in [0.29, 0.717) is 19.0 Å². The van der Waals surface area contributed by atoms with Crippen LogP contribution in [0.1, 0.15) is 50.6 Å². The number of sulfonamides is 1.